The highest BCUT2D eigenvalue weighted by Gasteiger charge is 2.67. The van der Waals surface area contributed by atoms with Crippen LogP contribution in [0.5, 0.6) is 0 Å². The third-order valence-corrected chi connectivity index (χ3v) is 7.05. The number of aromatic nitrogens is 4. The predicted molar refractivity (Wildman–Crippen MR) is 129 cm³/mol. The number of carboxylic acids is 1. The van der Waals surface area contributed by atoms with Crippen molar-refractivity contribution in [2.45, 2.75) is 31.2 Å². The number of halogens is 5. The lowest BCUT2D eigenvalue weighted by atomic mass is 9.64. The van der Waals surface area contributed by atoms with E-state index in [-0.39, 0.29) is 46.9 Å². The number of rotatable bonds is 6. The van der Waals surface area contributed by atoms with Gasteiger partial charge in [0.25, 0.3) is 0 Å². The second kappa shape index (κ2) is 9.53. The maximum atomic E-state index is 14.7. The highest BCUT2D eigenvalue weighted by molar-refractivity contribution is 5.94. The Morgan fingerprint density at radius 3 is 2.46 bits per heavy atom. The van der Waals surface area contributed by atoms with Crippen LogP contribution in [0.2, 0.25) is 0 Å². The van der Waals surface area contributed by atoms with Gasteiger partial charge in [0.1, 0.15) is 11.4 Å². The van der Waals surface area contributed by atoms with Gasteiger partial charge in [-0.15, -0.1) is 0 Å². The Hall–Kier alpha value is -4.19. The quantitative estimate of drug-likeness (QED) is 0.317. The minimum absolute atomic E-state index is 0.0298. The second-order valence-corrected chi connectivity index (χ2v) is 9.35. The molecule has 202 valence electrons. The molecule has 12 heteroatoms. The number of methoxy groups -OCH3 is 1. The molecule has 0 fully saturated rings. The van der Waals surface area contributed by atoms with Gasteiger partial charge in [-0.1, -0.05) is 42.5 Å². The zero-order valence-electron chi connectivity index (χ0n) is 20.4. The van der Waals surface area contributed by atoms with Crippen molar-refractivity contribution in [3.05, 3.63) is 84.2 Å². The molecule has 2 aliphatic heterocycles. The molecular weight excluding hydrogens is 523 g/mol. The standard InChI is InChI=1S/C27H21F5N4O3/c1-39-25(11-10-18(16-6-3-2-4-7-16)26(14-25,24(37)38)27(30,31)32)15-36-13-21-20(12-33-36)34-23(35-21)17-8-5-9-19(28)22(17)29/h2-10,12-13H,11,14-15H2,1H3,(H,37,38). The smallest absolute Gasteiger partial charge is 0.409 e. The van der Waals surface area contributed by atoms with Gasteiger partial charge in [0.05, 0.1) is 30.1 Å². The lowest BCUT2D eigenvalue weighted by molar-refractivity contribution is -0.230. The molecule has 0 bridgehead atoms. The van der Waals surface area contributed by atoms with E-state index < -0.39 is 41.2 Å². The highest BCUT2D eigenvalue weighted by Crippen LogP contribution is 2.57. The Morgan fingerprint density at radius 2 is 1.79 bits per heavy atom. The number of fused-ring (bicyclic) bond motifs is 1. The summed E-state index contributed by atoms with van der Waals surface area (Å²) < 4.78 is 78.8. The van der Waals surface area contributed by atoms with Crippen LogP contribution in [0.3, 0.4) is 0 Å². The molecule has 0 aromatic heterocycles. The molecule has 2 atom stereocenters. The fourth-order valence-electron chi connectivity index (χ4n) is 5.04. The topological polar surface area (TPSA) is 90.1 Å². The number of alkyl halides is 3. The number of hydrogen-bond acceptors (Lipinski definition) is 5. The van der Waals surface area contributed by atoms with Gasteiger partial charge in [0.2, 0.25) is 0 Å². The zero-order chi connectivity index (χ0) is 28.0. The molecule has 2 heterocycles. The third kappa shape index (κ3) is 4.44. The summed E-state index contributed by atoms with van der Waals surface area (Å²) in [5, 5.41) is 14.2. The molecule has 1 aliphatic carbocycles. The highest BCUT2D eigenvalue weighted by atomic mass is 19.4. The Balaban J connectivity index is 1.55. The maximum absolute atomic E-state index is 14.7. The van der Waals surface area contributed by atoms with E-state index in [0.717, 1.165) is 6.07 Å². The van der Waals surface area contributed by atoms with Crippen LogP contribution in [0.4, 0.5) is 22.0 Å². The van der Waals surface area contributed by atoms with Crippen molar-refractivity contribution in [3.8, 4) is 22.8 Å². The first-order chi connectivity index (χ1) is 18.5. The van der Waals surface area contributed by atoms with Gasteiger partial charge in [-0.3, -0.25) is 9.48 Å². The first kappa shape index (κ1) is 26.4. The average molecular weight is 544 g/mol. The van der Waals surface area contributed by atoms with Crippen LogP contribution in [-0.2, 0) is 16.1 Å². The molecule has 2 unspecified atom stereocenters. The van der Waals surface area contributed by atoms with Gasteiger partial charge in [0, 0.05) is 13.5 Å². The molecule has 0 spiro atoms. The number of carboxylic acid groups (broad SMARTS) is 1. The minimum atomic E-state index is -5.14. The van der Waals surface area contributed by atoms with Crippen LogP contribution in [-0.4, -0.2) is 49.7 Å². The van der Waals surface area contributed by atoms with Crippen LogP contribution < -0.4 is 0 Å². The Kier molecular flexibility index (Phi) is 6.45. The van der Waals surface area contributed by atoms with Crippen molar-refractivity contribution in [1.29, 1.82) is 0 Å². The number of ether oxygens (including phenoxy) is 1. The monoisotopic (exact) mass is 544 g/mol. The summed E-state index contributed by atoms with van der Waals surface area (Å²) in [5.74, 6) is -4.31. The normalized spacial score (nSPS) is 21.6. The van der Waals surface area contributed by atoms with E-state index in [2.05, 4.69) is 15.1 Å². The van der Waals surface area contributed by atoms with E-state index in [0.29, 0.717) is 0 Å². The fourth-order valence-corrected chi connectivity index (χ4v) is 5.04. The molecule has 39 heavy (non-hydrogen) atoms. The van der Waals surface area contributed by atoms with Crippen molar-refractivity contribution in [2.75, 3.05) is 7.11 Å². The molecule has 7 nitrogen and oxygen atoms in total. The Labute approximate surface area is 218 Å². The lowest BCUT2D eigenvalue weighted by Crippen LogP contribution is -2.55. The van der Waals surface area contributed by atoms with Crippen molar-refractivity contribution in [3.63, 3.8) is 0 Å². The molecule has 3 aliphatic rings. The minimum Gasteiger partial charge on any atom is -0.480 e. The second-order valence-electron chi connectivity index (χ2n) is 9.35. The summed E-state index contributed by atoms with van der Waals surface area (Å²) in [5.41, 5.74) is -4.72. The average Bonchev–Trinajstić information content (AvgIpc) is 3.33. The molecule has 0 radical (unpaired) electrons. The number of imidazole rings is 1. The van der Waals surface area contributed by atoms with Gasteiger partial charge in [0.15, 0.2) is 22.9 Å². The fraction of sp³-hybridized carbons (Fsp3) is 0.259. The first-order valence-corrected chi connectivity index (χ1v) is 11.8. The largest absolute Gasteiger partial charge is 0.480 e. The summed E-state index contributed by atoms with van der Waals surface area (Å²) in [4.78, 5) is 20.8. The third-order valence-electron chi connectivity index (χ3n) is 7.05. The lowest BCUT2D eigenvalue weighted by Gasteiger charge is -2.45. The number of aliphatic carboxylic acids is 1. The summed E-state index contributed by atoms with van der Waals surface area (Å²) in [6.45, 7) is -0.250. The summed E-state index contributed by atoms with van der Waals surface area (Å²) in [7, 11) is 1.22. The summed E-state index contributed by atoms with van der Waals surface area (Å²) in [6.07, 6.45) is -2.15. The van der Waals surface area contributed by atoms with Crippen molar-refractivity contribution in [2.24, 2.45) is 5.41 Å². The maximum Gasteiger partial charge on any atom is 0.409 e. The van der Waals surface area contributed by atoms with Crippen LogP contribution in [0.1, 0.15) is 18.4 Å². The van der Waals surface area contributed by atoms with Gasteiger partial charge in [-0.2, -0.15) is 18.3 Å². The van der Waals surface area contributed by atoms with Crippen LogP contribution >= 0.6 is 0 Å². The van der Waals surface area contributed by atoms with E-state index >= 15 is 0 Å². The summed E-state index contributed by atoms with van der Waals surface area (Å²) >= 11 is 0. The molecule has 2 aromatic carbocycles. The van der Waals surface area contributed by atoms with Gasteiger partial charge < -0.3 is 9.84 Å². The molecular formula is C27H21F5N4O3. The van der Waals surface area contributed by atoms with Crippen LogP contribution in [0.15, 0.2) is 67.0 Å². The zero-order valence-corrected chi connectivity index (χ0v) is 20.4. The predicted octanol–water partition coefficient (Wildman–Crippen LogP) is 5.62. The van der Waals surface area contributed by atoms with E-state index in [1.807, 2.05) is 0 Å². The van der Waals surface area contributed by atoms with Crippen molar-refractivity contribution in [1.82, 2.24) is 19.7 Å². The van der Waals surface area contributed by atoms with Gasteiger partial charge >= 0.3 is 12.1 Å². The Morgan fingerprint density at radius 1 is 1.08 bits per heavy atom. The SMILES string of the molecule is COC1(Cn2cc3nc(-c4cccc(F)c4F)nc-3cn2)CC=C(c2ccccc2)C(C(=O)O)(C(F)(F)F)C1. The molecule has 5 rings (SSSR count). The number of hydrogen-bond donors (Lipinski definition) is 1. The van der Waals surface area contributed by atoms with E-state index in [4.69, 9.17) is 4.74 Å². The van der Waals surface area contributed by atoms with E-state index in [9.17, 15) is 31.9 Å². The van der Waals surface area contributed by atoms with Crippen molar-refractivity contribution < 1.29 is 36.6 Å². The van der Waals surface area contributed by atoms with E-state index in [1.54, 1.807) is 6.07 Å². The Bertz CT molecular complexity index is 1540. The number of benzene rings is 2. The van der Waals surface area contributed by atoms with Crippen molar-refractivity contribution >= 4 is 11.5 Å². The summed E-state index contributed by atoms with van der Waals surface area (Å²) in [6, 6.07) is 11.2. The van der Waals surface area contributed by atoms with Crippen LogP contribution in [0.25, 0.3) is 28.3 Å². The van der Waals surface area contributed by atoms with Gasteiger partial charge in [-0.05, 0) is 29.7 Å². The van der Waals surface area contributed by atoms with Crippen LogP contribution in [0, 0.1) is 17.0 Å². The first-order valence-electron chi connectivity index (χ1n) is 11.8. The molecule has 2 aromatic rings. The number of carbonyl (C=O) groups is 1. The molecule has 0 amide bonds. The number of nitrogens with zero attached hydrogens (tertiary/aromatic N) is 4. The molecule has 0 saturated heterocycles. The van der Waals surface area contributed by atoms with E-state index in [1.165, 1.54) is 66.7 Å². The van der Waals surface area contributed by atoms with Gasteiger partial charge in [-0.25, -0.2) is 18.7 Å². The molecule has 1 N–H and O–H groups in total. The molecule has 0 saturated carbocycles.